The van der Waals surface area contributed by atoms with Crippen LogP contribution in [0.4, 0.5) is 0 Å². The number of rotatable bonds is 6. The number of esters is 1. The van der Waals surface area contributed by atoms with Crippen molar-refractivity contribution in [2.45, 2.75) is 51.6 Å². The summed E-state index contributed by atoms with van der Waals surface area (Å²) in [5.74, 6) is -0.340. The number of ether oxygens (including phenoxy) is 3. The van der Waals surface area contributed by atoms with Crippen molar-refractivity contribution in [2.24, 2.45) is 10.9 Å². The van der Waals surface area contributed by atoms with E-state index < -0.39 is 11.8 Å². The lowest BCUT2D eigenvalue weighted by Crippen LogP contribution is -2.38. The average Bonchev–Trinajstić information content (AvgIpc) is 2.82. The third-order valence-electron chi connectivity index (χ3n) is 6.53. The number of nitrogens with zero attached hydrogens (tertiary/aromatic N) is 1. The molecule has 2 aliphatic rings. The van der Waals surface area contributed by atoms with E-state index in [1.54, 1.807) is 20.3 Å². The zero-order valence-corrected chi connectivity index (χ0v) is 20.3. The molecule has 34 heavy (non-hydrogen) atoms. The lowest BCUT2D eigenvalue weighted by atomic mass is 9.69. The Bertz CT molecular complexity index is 1150. The number of ketones is 1. The fraction of sp³-hybridized carbons (Fsp3) is 0.393. The minimum atomic E-state index is -0.684. The second-order valence-corrected chi connectivity index (χ2v) is 9.11. The van der Waals surface area contributed by atoms with Crippen molar-refractivity contribution in [2.75, 3.05) is 14.2 Å². The first kappa shape index (κ1) is 23.7. The lowest BCUT2D eigenvalue weighted by Gasteiger charge is -2.37. The van der Waals surface area contributed by atoms with Crippen molar-refractivity contribution in [1.82, 2.24) is 0 Å². The monoisotopic (exact) mass is 461 g/mol. The first-order chi connectivity index (χ1) is 16.3. The molecular weight excluding hydrogens is 430 g/mol. The van der Waals surface area contributed by atoms with E-state index in [0.717, 1.165) is 16.8 Å². The molecule has 6 nitrogen and oxygen atoms in total. The third kappa shape index (κ3) is 4.49. The molecule has 0 N–H and O–H groups in total. The van der Waals surface area contributed by atoms with Gasteiger partial charge in [0.1, 0.15) is 5.92 Å². The lowest BCUT2D eigenvalue weighted by molar-refractivity contribution is -0.150. The van der Waals surface area contributed by atoms with Gasteiger partial charge in [0.15, 0.2) is 17.3 Å². The van der Waals surface area contributed by atoms with Crippen LogP contribution in [-0.2, 0) is 14.3 Å². The molecule has 0 radical (unpaired) electrons. The molecule has 178 valence electrons. The van der Waals surface area contributed by atoms with Crippen LogP contribution in [-0.4, -0.2) is 37.8 Å². The van der Waals surface area contributed by atoms with Gasteiger partial charge in [-0.3, -0.25) is 14.6 Å². The number of methoxy groups -OCH3 is 2. The largest absolute Gasteiger partial charge is 0.493 e. The quantitative estimate of drug-likeness (QED) is 0.551. The summed E-state index contributed by atoms with van der Waals surface area (Å²) in [5, 5.41) is 0. The maximum atomic E-state index is 13.6. The van der Waals surface area contributed by atoms with E-state index in [-0.39, 0.29) is 23.8 Å². The number of allylic oxidation sites excluding steroid dienone is 2. The summed E-state index contributed by atoms with van der Waals surface area (Å²) in [6, 6.07) is 15.6. The van der Waals surface area contributed by atoms with Crippen LogP contribution in [0.5, 0.6) is 11.5 Å². The predicted octanol–water partition coefficient (Wildman–Crippen LogP) is 5.23. The molecule has 0 spiro atoms. The number of benzene rings is 2. The van der Waals surface area contributed by atoms with E-state index in [0.29, 0.717) is 35.6 Å². The van der Waals surface area contributed by atoms with Gasteiger partial charge < -0.3 is 14.2 Å². The molecule has 3 atom stereocenters. The molecule has 1 heterocycles. The van der Waals surface area contributed by atoms with E-state index in [1.807, 2.05) is 51.1 Å². The van der Waals surface area contributed by atoms with Gasteiger partial charge in [-0.2, -0.15) is 0 Å². The van der Waals surface area contributed by atoms with Crippen LogP contribution in [0.1, 0.15) is 56.6 Å². The van der Waals surface area contributed by atoms with Crippen LogP contribution < -0.4 is 9.47 Å². The smallest absolute Gasteiger partial charge is 0.315 e. The van der Waals surface area contributed by atoms with Crippen molar-refractivity contribution in [3.8, 4) is 11.5 Å². The molecule has 0 bridgehead atoms. The van der Waals surface area contributed by atoms with Crippen molar-refractivity contribution >= 4 is 17.5 Å². The van der Waals surface area contributed by atoms with Gasteiger partial charge in [0.05, 0.1) is 20.3 Å². The molecular formula is C28H31NO5. The van der Waals surface area contributed by atoms with Crippen LogP contribution in [0.3, 0.4) is 0 Å². The van der Waals surface area contributed by atoms with E-state index >= 15 is 0 Å². The van der Waals surface area contributed by atoms with Gasteiger partial charge in [0, 0.05) is 29.3 Å². The van der Waals surface area contributed by atoms with Gasteiger partial charge in [-0.1, -0.05) is 36.4 Å². The highest BCUT2D eigenvalue weighted by Gasteiger charge is 2.45. The van der Waals surface area contributed by atoms with Gasteiger partial charge in [-0.25, -0.2) is 0 Å². The average molecular weight is 462 g/mol. The van der Waals surface area contributed by atoms with E-state index in [9.17, 15) is 9.59 Å². The summed E-state index contributed by atoms with van der Waals surface area (Å²) >= 11 is 0. The van der Waals surface area contributed by atoms with Gasteiger partial charge in [0.25, 0.3) is 0 Å². The number of Topliss-reactive ketones (excluding diaryl/α,β-unsaturated/α-hetero) is 1. The fourth-order valence-corrected chi connectivity index (χ4v) is 5.04. The van der Waals surface area contributed by atoms with Crippen molar-refractivity contribution < 1.29 is 23.8 Å². The zero-order valence-electron chi connectivity index (χ0n) is 20.3. The Hall–Kier alpha value is -3.41. The highest BCUT2D eigenvalue weighted by Crippen LogP contribution is 2.48. The van der Waals surface area contributed by atoms with Gasteiger partial charge in [-0.05, 0) is 56.4 Å². The number of hydrogen-bond donors (Lipinski definition) is 0. The highest BCUT2D eigenvalue weighted by molar-refractivity contribution is 6.09. The van der Waals surface area contributed by atoms with Gasteiger partial charge in [-0.15, -0.1) is 0 Å². The topological polar surface area (TPSA) is 74.2 Å². The Morgan fingerprint density at radius 3 is 2.32 bits per heavy atom. The standard InChI is InChI=1S/C28H31NO5/c1-16(2)34-28(31)25-17(3)29-21-13-20(18-9-7-6-8-10-18)14-22(30)27(21)26(25)19-11-12-23(32-4)24(15-19)33-5/h6-12,15-16,20,25-26H,13-14H2,1-5H3/t20-,25?,26+/m0/s1. The van der Waals surface area contributed by atoms with Crippen LogP contribution >= 0.6 is 0 Å². The second-order valence-electron chi connectivity index (χ2n) is 9.11. The Kier molecular flexibility index (Phi) is 6.87. The molecule has 1 aliphatic carbocycles. The first-order valence-electron chi connectivity index (χ1n) is 11.6. The van der Waals surface area contributed by atoms with Crippen LogP contribution in [0.2, 0.25) is 0 Å². The molecule has 2 aromatic rings. The van der Waals surface area contributed by atoms with Crippen molar-refractivity contribution in [3.05, 3.63) is 70.9 Å². The predicted molar refractivity (Wildman–Crippen MR) is 131 cm³/mol. The summed E-state index contributed by atoms with van der Waals surface area (Å²) in [6.45, 7) is 5.49. The Morgan fingerprint density at radius 1 is 0.971 bits per heavy atom. The normalized spacial score (nSPS) is 22.2. The minimum Gasteiger partial charge on any atom is -0.493 e. The molecule has 0 aromatic heterocycles. The molecule has 0 saturated carbocycles. The molecule has 1 unspecified atom stereocenters. The minimum absolute atomic E-state index is 0.0217. The van der Waals surface area contributed by atoms with E-state index in [2.05, 4.69) is 12.1 Å². The van der Waals surface area contributed by atoms with Crippen molar-refractivity contribution in [3.63, 3.8) is 0 Å². The summed E-state index contributed by atoms with van der Waals surface area (Å²) in [7, 11) is 3.15. The number of carbonyl (C=O) groups is 2. The molecule has 0 saturated heterocycles. The highest BCUT2D eigenvalue weighted by atomic mass is 16.5. The Labute approximate surface area is 200 Å². The number of hydrogen-bond acceptors (Lipinski definition) is 6. The third-order valence-corrected chi connectivity index (χ3v) is 6.53. The Morgan fingerprint density at radius 2 is 1.68 bits per heavy atom. The summed E-state index contributed by atoms with van der Waals surface area (Å²) < 4.78 is 16.5. The molecule has 2 aromatic carbocycles. The van der Waals surface area contributed by atoms with E-state index in [4.69, 9.17) is 19.2 Å². The summed E-state index contributed by atoms with van der Waals surface area (Å²) in [6.07, 6.45) is 0.761. The summed E-state index contributed by atoms with van der Waals surface area (Å²) in [4.78, 5) is 31.7. The van der Waals surface area contributed by atoms with E-state index in [1.165, 1.54) is 0 Å². The molecule has 1 aliphatic heterocycles. The zero-order chi connectivity index (χ0) is 24.4. The Balaban J connectivity index is 1.83. The molecule has 6 heteroatoms. The van der Waals surface area contributed by atoms with Crippen LogP contribution in [0.15, 0.2) is 64.8 Å². The fourth-order valence-electron chi connectivity index (χ4n) is 5.04. The summed E-state index contributed by atoms with van der Waals surface area (Å²) in [5.41, 5.74) is 3.95. The maximum absolute atomic E-state index is 13.6. The molecule has 4 rings (SSSR count). The molecule has 0 fully saturated rings. The van der Waals surface area contributed by atoms with Gasteiger partial charge >= 0.3 is 5.97 Å². The van der Waals surface area contributed by atoms with Crippen LogP contribution in [0, 0.1) is 5.92 Å². The number of aliphatic imine (C=N–C) groups is 1. The van der Waals surface area contributed by atoms with Gasteiger partial charge in [0.2, 0.25) is 0 Å². The van der Waals surface area contributed by atoms with Crippen molar-refractivity contribution in [1.29, 1.82) is 0 Å². The molecule has 0 amide bonds. The SMILES string of the molecule is COc1ccc([C@H]2C3=C(C[C@H](c4ccccc4)CC3=O)N=C(C)C2C(=O)OC(C)C)cc1OC. The second kappa shape index (κ2) is 9.84. The van der Waals surface area contributed by atoms with Crippen LogP contribution in [0.25, 0.3) is 0 Å². The number of carbonyl (C=O) groups excluding carboxylic acids is 2. The maximum Gasteiger partial charge on any atom is 0.315 e. The first-order valence-corrected chi connectivity index (χ1v) is 11.6.